The fourth-order valence-corrected chi connectivity index (χ4v) is 4.76. The van der Waals surface area contributed by atoms with Crippen LogP contribution in [0.4, 0.5) is 17.2 Å². The number of benzene rings is 1. The highest BCUT2D eigenvalue weighted by Gasteiger charge is 2.23. The lowest BCUT2D eigenvalue weighted by Crippen LogP contribution is -2.14. The van der Waals surface area contributed by atoms with E-state index >= 15 is 0 Å². The van der Waals surface area contributed by atoms with Gasteiger partial charge in [0, 0.05) is 36.9 Å². The van der Waals surface area contributed by atoms with E-state index in [0.29, 0.717) is 34.5 Å². The van der Waals surface area contributed by atoms with Gasteiger partial charge in [-0.2, -0.15) is 5.10 Å². The van der Waals surface area contributed by atoms with Gasteiger partial charge in [-0.05, 0) is 45.0 Å². The standard InChI is InChI=1S/C20H22N8O2S/c1-13-20(14(2)27(4)25-13)31(29,30)26-17-7-5-16(6-8-17)24-18-11-19(23-15(3)22-18)28-10-9-21-12-28/h5-12,26H,1-4H3,(H,22,23,24). The molecule has 0 radical (unpaired) electrons. The molecule has 3 aromatic heterocycles. The molecule has 3 heterocycles. The normalized spacial score (nSPS) is 11.5. The van der Waals surface area contributed by atoms with Gasteiger partial charge in [-0.1, -0.05) is 0 Å². The molecule has 0 saturated carbocycles. The summed E-state index contributed by atoms with van der Waals surface area (Å²) >= 11 is 0. The fourth-order valence-electron chi connectivity index (χ4n) is 3.26. The molecule has 0 unspecified atom stereocenters. The number of anilines is 3. The van der Waals surface area contributed by atoms with Crippen LogP contribution in [0.3, 0.4) is 0 Å². The fraction of sp³-hybridized carbons (Fsp3) is 0.200. The van der Waals surface area contributed by atoms with E-state index in [2.05, 4.69) is 30.1 Å². The SMILES string of the molecule is Cc1nc(Nc2ccc(NS(=O)(=O)c3c(C)nn(C)c3C)cc2)cc(-n2ccnc2)n1. The molecule has 0 fully saturated rings. The minimum atomic E-state index is -3.74. The van der Waals surface area contributed by atoms with Gasteiger partial charge < -0.3 is 5.32 Å². The van der Waals surface area contributed by atoms with E-state index in [1.165, 1.54) is 0 Å². The largest absolute Gasteiger partial charge is 0.340 e. The molecule has 0 amide bonds. The molecule has 10 nitrogen and oxygen atoms in total. The number of nitrogens with one attached hydrogen (secondary N) is 2. The Morgan fingerprint density at radius 3 is 2.32 bits per heavy atom. The van der Waals surface area contributed by atoms with E-state index in [1.54, 1.807) is 79.2 Å². The number of rotatable bonds is 6. The molecule has 0 aliphatic heterocycles. The predicted molar refractivity (Wildman–Crippen MR) is 117 cm³/mol. The van der Waals surface area contributed by atoms with Crippen LogP contribution in [-0.4, -0.2) is 37.7 Å². The van der Waals surface area contributed by atoms with Gasteiger partial charge in [0.05, 0.1) is 11.4 Å². The van der Waals surface area contributed by atoms with Crippen LogP contribution in [0.25, 0.3) is 5.82 Å². The lowest BCUT2D eigenvalue weighted by molar-refractivity contribution is 0.599. The molecule has 1 aromatic carbocycles. The maximum absolute atomic E-state index is 12.8. The second-order valence-corrected chi connectivity index (χ2v) is 8.68. The Bertz CT molecular complexity index is 1330. The molecule has 0 aliphatic carbocycles. The van der Waals surface area contributed by atoms with Crippen molar-refractivity contribution in [2.24, 2.45) is 7.05 Å². The highest BCUT2D eigenvalue weighted by Crippen LogP contribution is 2.24. The summed E-state index contributed by atoms with van der Waals surface area (Å²) in [6.45, 7) is 5.21. The van der Waals surface area contributed by atoms with Gasteiger partial charge >= 0.3 is 0 Å². The van der Waals surface area contributed by atoms with Crippen LogP contribution >= 0.6 is 0 Å². The van der Waals surface area contributed by atoms with Gasteiger partial charge in [0.1, 0.15) is 28.7 Å². The summed E-state index contributed by atoms with van der Waals surface area (Å²) in [5, 5.41) is 7.40. The Morgan fingerprint density at radius 2 is 1.71 bits per heavy atom. The summed E-state index contributed by atoms with van der Waals surface area (Å²) in [7, 11) is -2.03. The van der Waals surface area contributed by atoms with Gasteiger partial charge in [0.15, 0.2) is 0 Å². The molecule has 160 valence electrons. The molecule has 0 aliphatic rings. The maximum atomic E-state index is 12.8. The van der Waals surface area contributed by atoms with Crippen molar-refractivity contribution < 1.29 is 8.42 Å². The highest BCUT2D eigenvalue weighted by molar-refractivity contribution is 7.92. The van der Waals surface area contributed by atoms with Crippen molar-refractivity contribution in [2.75, 3.05) is 10.0 Å². The van der Waals surface area contributed by atoms with Crippen LogP contribution < -0.4 is 10.0 Å². The van der Waals surface area contributed by atoms with Gasteiger partial charge in [0.25, 0.3) is 10.0 Å². The first-order valence-electron chi connectivity index (χ1n) is 9.47. The number of imidazole rings is 1. The number of aromatic nitrogens is 6. The molecule has 31 heavy (non-hydrogen) atoms. The van der Waals surface area contributed by atoms with E-state index in [9.17, 15) is 8.42 Å². The number of sulfonamides is 1. The first-order valence-corrected chi connectivity index (χ1v) is 11.0. The Kier molecular flexibility index (Phi) is 5.19. The molecule has 2 N–H and O–H groups in total. The minimum absolute atomic E-state index is 0.195. The second kappa shape index (κ2) is 7.84. The Hall–Kier alpha value is -3.73. The van der Waals surface area contributed by atoms with Crippen LogP contribution in [0.1, 0.15) is 17.2 Å². The van der Waals surface area contributed by atoms with Crippen molar-refractivity contribution in [3.05, 3.63) is 66.3 Å². The lowest BCUT2D eigenvalue weighted by atomic mass is 10.3. The molecular weight excluding hydrogens is 416 g/mol. The first-order chi connectivity index (χ1) is 14.7. The Balaban J connectivity index is 1.53. The monoisotopic (exact) mass is 438 g/mol. The smallest absolute Gasteiger partial charge is 0.265 e. The van der Waals surface area contributed by atoms with Crippen LogP contribution in [0.2, 0.25) is 0 Å². The molecular formula is C20H22N8O2S. The number of hydrogen-bond acceptors (Lipinski definition) is 7. The number of hydrogen-bond donors (Lipinski definition) is 2. The molecule has 0 spiro atoms. The third-order valence-corrected chi connectivity index (χ3v) is 6.35. The van der Waals surface area contributed by atoms with Gasteiger partial charge in [-0.25, -0.2) is 23.4 Å². The van der Waals surface area contributed by atoms with E-state index in [-0.39, 0.29) is 4.90 Å². The van der Waals surface area contributed by atoms with Crippen molar-refractivity contribution in [1.29, 1.82) is 0 Å². The zero-order valence-electron chi connectivity index (χ0n) is 17.5. The summed E-state index contributed by atoms with van der Waals surface area (Å²) in [6, 6.07) is 8.72. The predicted octanol–water partition coefficient (Wildman–Crippen LogP) is 2.87. The van der Waals surface area contributed by atoms with Gasteiger partial charge in [-0.3, -0.25) is 14.0 Å². The van der Waals surface area contributed by atoms with Crippen LogP contribution in [0.5, 0.6) is 0 Å². The van der Waals surface area contributed by atoms with Crippen molar-refractivity contribution in [3.63, 3.8) is 0 Å². The quantitative estimate of drug-likeness (QED) is 0.475. The number of aryl methyl sites for hydroxylation is 3. The third-order valence-electron chi connectivity index (χ3n) is 4.71. The average Bonchev–Trinajstić information content (AvgIpc) is 3.31. The summed E-state index contributed by atoms with van der Waals surface area (Å²) in [4.78, 5) is 13.0. The molecule has 11 heteroatoms. The lowest BCUT2D eigenvalue weighted by Gasteiger charge is -2.11. The minimum Gasteiger partial charge on any atom is -0.340 e. The Morgan fingerprint density at radius 1 is 1.00 bits per heavy atom. The van der Waals surface area contributed by atoms with Crippen LogP contribution in [-0.2, 0) is 17.1 Å². The van der Waals surface area contributed by atoms with Gasteiger partial charge in [0.2, 0.25) is 0 Å². The summed E-state index contributed by atoms with van der Waals surface area (Å²) in [6.07, 6.45) is 5.15. The molecule has 0 bridgehead atoms. The van der Waals surface area contributed by atoms with Gasteiger partial charge in [-0.15, -0.1) is 0 Å². The van der Waals surface area contributed by atoms with E-state index in [0.717, 1.165) is 5.69 Å². The summed E-state index contributed by atoms with van der Waals surface area (Å²) in [5.41, 5.74) is 2.24. The van der Waals surface area contributed by atoms with Crippen molar-refractivity contribution >= 4 is 27.2 Å². The van der Waals surface area contributed by atoms with Crippen LogP contribution in [0.15, 0.2) is 53.9 Å². The zero-order valence-corrected chi connectivity index (χ0v) is 18.3. The van der Waals surface area contributed by atoms with Crippen molar-refractivity contribution in [2.45, 2.75) is 25.7 Å². The van der Waals surface area contributed by atoms with E-state index in [1.807, 2.05) is 6.92 Å². The average molecular weight is 439 g/mol. The first kappa shape index (κ1) is 20.5. The van der Waals surface area contributed by atoms with Crippen LogP contribution in [0, 0.1) is 20.8 Å². The molecule has 0 saturated heterocycles. The van der Waals surface area contributed by atoms with E-state index in [4.69, 9.17) is 0 Å². The molecule has 4 rings (SSSR count). The second-order valence-electron chi connectivity index (χ2n) is 7.06. The third kappa shape index (κ3) is 4.26. The van der Waals surface area contributed by atoms with E-state index < -0.39 is 10.0 Å². The van der Waals surface area contributed by atoms with Crippen molar-refractivity contribution in [1.82, 2.24) is 29.3 Å². The molecule has 4 aromatic rings. The molecule has 0 atom stereocenters. The highest BCUT2D eigenvalue weighted by atomic mass is 32.2. The topological polar surface area (TPSA) is 120 Å². The number of nitrogens with zero attached hydrogens (tertiary/aromatic N) is 6. The summed E-state index contributed by atoms with van der Waals surface area (Å²) < 4.78 is 31.6. The van der Waals surface area contributed by atoms with Crippen molar-refractivity contribution in [3.8, 4) is 5.82 Å². The maximum Gasteiger partial charge on any atom is 0.265 e. The summed E-state index contributed by atoms with van der Waals surface area (Å²) in [5.74, 6) is 1.92. The Labute approximate surface area is 180 Å². The zero-order chi connectivity index (χ0) is 22.2.